The number of amides is 2. The van der Waals surface area contributed by atoms with Crippen LogP contribution < -0.4 is 5.32 Å². The van der Waals surface area contributed by atoms with Crippen molar-refractivity contribution >= 4 is 35.4 Å². The molecule has 11 heteroatoms. The summed E-state index contributed by atoms with van der Waals surface area (Å²) in [5.74, 6) is -1.26. The molecule has 29 heavy (non-hydrogen) atoms. The standard InChI is InChI=1S/C18H13ClF3N3O3S/c1-2-28-17(27)25-15(26)9-29-16-11(8-23)12(18(20,21)22)7-14(24-16)10-5-3-4-6-13(10)19/h3-7H,2,9H2,1H3,(H,25,26,27). The van der Waals surface area contributed by atoms with Gasteiger partial charge in [-0.2, -0.15) is 18.4 Å². The maximum absolute atomic E-state index is 13.5. The van der Waals surface area contributed by atoms with E-state index in [9.17, 15) is 28.0 Å². The molecule has 0 unspecified atom stereocenters. The van der Waals surface area contributed by atoms with Crippen LogP contribution in [0.3, 0.4) is 0 Å². The van der Waals surface area contributed by atoms with Gasteiger partial charge in [-0.25, -0.2) is 9.78 Å². The van der Waals surface area contributed by atoms with E-state index in [1.807, 2.05) is 5.32 Å². The van der Waals surface area contributed by atoms with Crippen molar-refractivity contribution in [3.05, 3.63) is 46.5 Å². The van der Waals surface area contributed by atoms with Crippen LogP contribution in [0.25, 0.3) is 11.3 Å². The van der Waals surface area contributed by atoms with E-state index in [4.69, 9.17) is 11.6 Å². The number of nitriles is 1. The van der Waals surface area contributed by atoms with Crippen LogP contribution in [0.5, 0.6) is 0 Å². The van der Waals surface area contributed by atoms with Gasteiger partial charge in [-0.05, 0) is 19.1 Å². The van der Waals surface area contributed by atoms with Gasteiger partial charge in [0, 0.05) is 10.6 Å². The first-order valence-corrected chi connectivity index (χ1v) is 9.40. The van der Waals surface area contributed by atoms with Gasteiger partial charge in [0.15, 0.2) is 0 Å². The molecule has 0 spiro atoms. The fourth-order valence-corrected chi connectivity index (χ4v) is 3.25. The zero-order chi connectivity index (χ0) is 21.6. The molecule has 0 saturated heterocycles. The van der Waals surface area contributed by atoms with E-state index in [0.717, 1.165) is 6.07 Å². The Labute approximate surface area is 173 Å². The normalized spacial score (nSPS) is 10.9. The maximum Gasteiger partial charge on any atom is 0.417 e. The van der Waals surface area contributed by atoms with Gasteiger partial charge in [-0.1, -0.05) is 41.6 Å². The summed E-state index contributed by atoms with van der Waals surface area (Å²) in [6, 6.07) is 8.39. The minimum absolute atomic E-state index is 0.0429. The number of alkyl halides is 3. The van der Waals surface area contributed by atoms with Crippen LogP contribution in [0.4, 0.5) is 18.0 Å². The van der Waals surface area contributed by atoms with Crippen LogP contribution >= 0.6 is 23.4 Å². The van der Waals surface area contributed by atoms with Crippen molar-refractivity contribution in [2.75, 3.05) is 12.4 Å². The molecule has 6 nitrogen and oxygen atoms in total. The first-order chi connectivity index (χ1) is 13.7. The van der Waals surface area contributed by atoms with Crippen LogP contribution in [0.1, 0.15) is 18.1 Å². The zero-order valence-electron chi connectivity index (χ0n) is 14.8. The fourth-order valence-electron chi connectivity index (χ4n) is 2.22. The molecule has 0 aliphatic carbocycles. The highest BCUT2D eigenvalue weighted by atomic mass is 35.5. The summed E-state index contributed by atoms with van der Waals surface area (Å²) in [6.45, 7) is 1.59. The van der Waals surface area contributed by atoms with E-state index >= 15 is 0 Å². The number of pyridine rings is 1. The van der Waals surface area contributed by atoms with Crippen LogP contribution in [0.15, 0.2) is 35.4 Å². The zero-order valence-corrected chi connectivity index (χ0v) is 16.4. The second-order valence-corrected chi connectivity index (χ2v) is 6.75. The van der Waals surface area contributed by atoms with Gasteiger partial charge in [0.1, 0.15) is 11.1 Å². The number of carbonyl (C=O) groups is 2. The Hall–Kier alpha value is -2.77. The third-order valence-corrected chi connectivity index (χ3v) is 4.72. The highest BCUT2D eigenvalue weighted by Crippen LogP contribution is 2.39. The molecule has 1 aromatic carbocycles. The number of nitrogens with zero attached hydrogens (tertiary/aromatic N) is 2. The highest BCUT2D eigenvalue weighted by Gasteiger charge is 2.36. The molecule has 0 saturated carbocycles. The molecule has 2 amide bonds. The predicted octanol–water partition coefficient (Wildman–Crippen LogP) is 4.66. The average molecular weight is 444 g/mol. The van der Waals surface area contributed by atoms with Crippen molar-refractivity contribution in [2.45, 2.75) is 18.1 Å². The minimum atomic E-state index is -4.83. The second kappa shape index (κ2) is 9.62. The van der Waals surface area contributed by atoms with Crippen molar-refractivity contribution in [1.29, 1.82) is 5.26 Å². The van der Waals surface area contributed by atoms with E-state index in [1.54, 1.807) is 19.1 Å². The number of hydrogen-bond donors (Lipinski definition) is 1. The van der Waals surface area contributed by atoms with E-state index < -0.39 is 35.1 Å². The van der Waals surface area contributed by atoms with Crippen molar-refractivity contribution in [1.82, 2.24) is 10.3 Å². The molecule has 2 rings (SSSR count). The number of ether oxygens (including phenoxy) is 1. The molecule has 1 N–H and O–H groups in total. The largest absolute Gasteiger partial charge is 0.450 e. The number of imide groups is 1. The second-order valence-electron chi connectivity index (χ2n) is 5.38. The third kappa shape index (κ3) is 5.85. The van der Waals surface area contributed by atoms with Crippen molar-refractivity contribution in [3.8, 4) is 17.3 Å². The predicted molar refractivity (Wildman–Crippen MR) is 100 cm³/mol. The highest BCUT2D eigenvalue weighted by molar-refractivity contribution is 8.00. The molecule has 0 radical (unpaired) electrons. The molecule has 0 atom stereocenters. The van der Waals surface area contributed by atoms with Crippen molar-refractivity contribution in [3.63, 3.8) is 0 Å². The molecule has 0 aliphatic rings. The summed E-state index contributed by atoms with van der Waals surface area (Å²) < 4.78 is 45.1. The summed E-state index contributed by atoms with van der Waals surface area (Å²) in [5, 5.41) is 11.0. The van der Waals surface area contributed by atoms with Crippen molar-refractivity contribution in [2.24, 2.45) is 0 Å². The monoisotopic (exact) mass is 443 g/mol. The van der Waals surface area contributed by atoms with Gasteiger partial charge in [0.05, 0.1) is 29.2 Å². The first-order valence-electron chi connectivity index (χ1n) is 8.04. The molecule has 0 bridgehead atoms. The molecule has 2 aromatic rings. The van der Waals surface area contributed by atoms with Gasteiger partial charge < -0.3 is 4.74 Å². The molecule has 0 aliphatic heterocycles. The molecule has 0 fully saturated rings. The van der Waals surface area contributed by atoms with Gasteiger partial charge in [-0.3, -0.25) is 10.1 Å². The van der Waals surface area contributed by atoms with Gasteiger partial charge in [-0.15, -0.1) is 0 Å². The third-order valence-electron chi connectivity index (χ3n) is 3.41. The lowest BCUT2D eigenvalue weighted by atomic mass is 10.1. The number of nitrogens with one attached hydrogen (secondary N) is 1. The van der Waals surface area contributed by atoms with Crippen molar-refractivity contribution < 1.29 is 27.5 Å². The number of halogens is 4. The Kier molecular flexibility index (Phi) is 7.47. The summed E-state index contributed by atoms with van der Waals surface area (Å²) in [6.07, 6.45) is -5.81. The number of thioether (sulfide) groups is 1. The van der Waals surface area contributed by atoms with E-state index in [2.05, 4.69) is 9.72 Å². The molecule has 1 aromatic heterocycles. The Balaban J connectivity index is 2.43. The Morgan fingerprint density at radius 2 is 2.03 bits per heavy atom. The van der Waals surface area contributed by atoms with Gasteiger partial charge >= 0.3 is 12.3 Å². The molecular weight excluding hydrogens is 431 g/mol. The molecular formula is C18H13ClF3N3O3S. The Morgan fingerprint density at radius 1 is 1.34 bits per heavy atom. The number of carbonyl (C=O) groups excluding carboxylic acids is 2. The fraction of sp³-hybridized carbons (Fsp3) is 0.222. The van der Waals surface area contributed by atoms with Crippen LogP contribution in [0, 0.1) is 11.3 Å². The smallest absolute Gasteiger partial charge is 0.417 e. The van der Waals surface area contributed by atoms with Crippen LogP contribution in [-0.2, 0) is 15.7 Å². The van der Waals surface area contributed by atoms with E-state index in [-0.39, 0.29) is 27.9 Å². The molecule has 152 valence electrons. The first kappa shape index (κ1) is 22.5. The maximum atomic E-state index is 13.5. The van der Waals surface area contributed by atoms with Gasteiger partial charge in [0.2, 0.25) is 5.91 Å². The SMILES string of the molecule is CCOC(=O)NC(=O)CSc1nc(-c2ccccc2Cl)cc(C(F)(F)F)c1C#N. The summed E-state index contributed by atoms with van der Waals surface area (Å²) in [5.41, 5.74) is -1.78. The minimum Gasteiger partial charge on any atom is -0.450 e. The van der Waals surface area contributed by atoms with E-state index in [0.29, 0.717) is 11.8 Å². The topological polar surface area (TPSA) is 92.1 Å². The average Bonchev–Trinajstić information content (AvgIpc) is 2.65. The summed E-state index contributed by atoms with van der Waals surface area (Å²) >= 11 is 6.65. The number of benzene rings is 1. The number of aromatic nitrogens is 1. The lowest BCUT2D eigenvalue weighted by molar-refractivity contribution is -0.138. The Bertz CT molecular complexity index is 977. The lowest BCUT2D eigenvalue weighted by Crippen LogP contribution is -2.32. The van der Waals surface area contributed by atoms with Crippen LogP contribution in [0.2, 0.25) is 5.02 Å². The number of rotatable bonds is 5. The van der Waals surface area contributed by atoms with Gasteiger partial charge in [0.25, 0.3) is 0 Å². The lowest BCUT2D eigenvalue weighted by Gasteiger charge is -2.14. The number of hydrogen-bond acceptors (Lipinski definition) is 6. The molecule has 1 heterocycles. The van der Waals surface area contributed by atoms with Crippen LogP contribution in [-0.4, -0.2) is 29.3 Å². The van der Waals surface area contributed by atoms with E-state index in [1.165, 1.54) is 18.2 Å². The summed E-state index contributed by atoms with van der Waals surface area (Å²) in [7, 11) is 0. The quantitative estimate of drug-likeness (QED) is 0.676. The number of alkyl carbamates (subject to hydrolysis) is 1. The Morgan fingerprint density at radius 3 is 2.62 bits per heavy atom. The summed E-state index contributed by atoms with van der Waals surface area (Å²) in [4.78, 5) is 27.2.